The molecule has 1 heterocycles. The minimum atomic E-state index is 0.107. The first-order valence-electron chi connectivity index (χ1n) is 8.85. The van der Waals surface area contributed by atoms with Gasteiger partial charge in [0.1, 0.15) is 0 Å². The zero-order chi connectivity index (χ0) is 17.5. The van der Waals surface area contributed by atoms with Crippen molar-refractivity contribution >= 4 is 5.91 Å². The highest BCUT2D eigenvalue weighted by molar-refractivity contribution is 5.79. The van der Waals surface area contributed by atoms with E-state index in [1.165, 1.54) is 0 Å². The molecule has 0 aromatic heterocycles. The van der Waals surface area contributed by atoms with Crippen LogP contribution in [0.5, 0.6) is 11.5 Å². The highest BCUT2D eigenvalue weighted by atomic mass is 16.5. The summed E-state index contributed by atoms with van der Waals surface area (Å²) in [6, 6.07) is 5.96. The third-order valence-corrected chi connectivity index (χ3v) is 4.81. The molecule has 0 aliphatic carbocycles. The summed E-state index contributed by atoms with van der Waals surface area (Å²) < 4.78 is 10.9. The summed E-state index contributed by atoms with van der Waals surface area (Å²) in [6.45, 7) is 8.28. The third kappa shape index (κ3) is 4.20. The van der Waals surface area contributed by atoms with Crippen molar-refractivity contribution in [3.05, 3.63) is 23.8 Å². The maximum Gasteiger partial charge on any atom is 0.226 e. The molecular weight excluding hydrogens is 304 g/mol. The monoisotopic (exact) mass is 334 g/mol. The summed E-state index contributed by atoms with van der Waals surface area (Å²) in [6.07, 6.45) is 2.05. The normalized spacial score (nSPS) is 18.2. The van der Waals surface area contributed by atoms with Gasteiger partial charge in [-0.05, 0) is 39.3 Å². The van der Waals surface area contributed by atoms with Gasteiger partial charge in [0.2, 0.25) is 5.91 Å². The Morgan fingerprint density at radius 3 is 2.62 bits per heavy atom. The molecule has 1 atom stereocenters. The van der Waals surface area contributed by atoms with Gasteiger partial charge in [-0.3, -0.25) is 9.69 Å². The Kier molecular flexibility index (Phi) is 6.91. The number of carbonyl (C=O) groups is 1. The SMILES string of the molecule is CCN(CC)C(=O)[C@@H]1CCCN(Cc2cccc(OC)c2OC)C1. The molecule has 1 aromatic rings. The summed E-state index contributed by atoms with van der Waals surface area (Å²) in [7, 11) is 3.32. The van der Waals surface area contributed by atoms with Crippen molar-refractivity contribution in [2.75, 3.05) is 40.4 Å². The highest BCUT2D eigenvalue weighted by Crippen LogP contribution is 2.32. The Labute approximate surface area is 145 Å². The van der Waals surface area contributed by atoms with Crippen LogP contribution in [0.25, 0.3) is 0 Å². The van der Waals surface area contributed by atoms with Crippen LogP contribution in [0.2, 0.25) is 0 Å². The van der Waals surface area contributed by atoms with Crippen LogP contribution in [0, 0.1) is 5.92 Å². The topological polar surface area (TPSA) is 42.0 Å². The number of methoxy groups -OCH3 is 2. The van der Waals surface area contributed by atoms with Crippen LogP contribution in [0.4, 0.5) is 0 Å². The van der Waals surface area contributed by atoms with Crippen molar-refractivity contribution in [1.82, 2.24) is 9.80 Å². The number of carbonyl (C=O) groups excluding carboxylic acids is 1. The summed E-state index contributed by atoms with van der Waals surface area (Å²) in [4.78, 5) is 16.9. The molecule has 0 N–H and O–H groups in total. The Balaban J connectivity index is 2.07. The second-order valence-corrected chi connectivity index (χ2v) is 6.24. The minimum Gasteiger partial charge on any atom is -0.493 e. The molecule has 0 radical (unpaired) electrons. The number of para-hydroxylation sites is 1. The first-order chi connectivity index (χ1) is 11.6. The molecule has 5 heteroatoms. The molecule has 134 valence electrons. The van der Waals surface area contributed by atoms with Crippen molar-refractivity contribution in [3.63, 3.8) is 0 Å². The maximum absolute atomic E-state index is 12.6. The first kappa shape index (κ1) is 18.6. The lowest BCUT2D eigenvalue weighted by atomic mass is 9.96. The molecule has 0 bridgehead atoms. The number of rotatable bonds is 7. The largest absolute Gasteiger partial charge is 0.493 e. The maximum atomic E-state index is 12.6. The van der Waals surface area contributed by atoms with Gasteiger partial charge < -0.3 is 14.4 Å². The quantitative estimate of drug-likeness (QED) is 0.769. The number of nitrogens with zero attached hydrogens (tertiary/aromatic N) is 2. The van der Waals surface area contributed by atoms with Gasteiger partial charge in [0, 0.05) is 31.7 Å². The molecular formula is C19H30N2O3. The van der Waals surface area contributed by atoms with Crippen LogP contribution in [0.3, 0.4) is 0 Å². The van der Waals surface area contributed by atoms with Crippen LogP contribution in [0.15, 0.2) is 18.2 Å². The summed E-state index contributed by atoms with van der Waals surface area (Å²) in [5, 5.41) is 0. The van der Waals surface area contributed by atoms with Gasteiger partial charge in [-0.2, -0.15) is 0 Å². The lowest BCUT2D eigenvalue weighted by molar-refractivity contribution is -0.137. The minimum absolute atomic E-state index is 0.107. The van der Waals surface area contributed by atoms with E-state index in [4.69, 9.17) is 9.47 Å². The summed E-state index contributed by atoms with van der Waals surface area (Å²) in [5.41, 5.74) is 1.10. The van der Waals surface area contributed by atoms with Crippen LogP contribution >= 0.6 is 0 Å². The fourth-order valence-corrected chi connectivity index (χ4v) is 3.51. The number of likely N-dealkylation sites (tertiary alicyclic amines) is 1. The second-order valence-electron chi connectivity index (χ2n) is 6.24. The van der Waals surface area contributed by atoms with Gasteiger partial charge in [0.15, 0.2) is 11.5 Å². The predicted octanol–water partition coefficient (Wildman–Crippen LogP) is 2.78. The van der Waals surface area contributed by atoms with Gasteiger partial charge in [0.25, 0.3) is 0 Å². The smallest absolute Gasteiger partial charge is 0.226 e. The van der Waals surface area contributed by atoms with Crippen molar-refractivity contribution in [2.24, 2.45) is 5.92 Å². The molecule has 1 aromatic carbocycles. The number of ether oxygens (including phenoxy) is 2. The van der Waals surface area contributed by atoms with Crippen molar-refractivity contribution in [3.8, 4) is 11.5 Å². The van der Waals surface area contributed by atoms with Crippen LogP contribution in [0.1, 0.15) is 32.3 Å². The zero-order valence-electron chi connectivity index (χ0n) is 15.4. The van der Waals surface area contributed by atoms with Gasteiger partial charge in [-0.15, -0.1) is 0 Å². The molecule has 0 saturated carbocycles. The third-order valence-electron chi connectivity index (χ3n) is 4.81. The van der Waals surface area contributed by atoms with E-state index in [-0.39, 0.29) is 5.92 Å². The number of benzene rings is 1. The molecule has 1 amide bonds. The average Bonchev–Trinajstić information content (AvgIpc) is 2.62. The number of hydrogen-bond acceptors (Lipinski definition) is 4. The second kappa shape index (κ2) is 8.92. The van der Waals surface area contributed by atoms with Gasteiger partial charge in [-0.1, -0.05) is 12.1 Å². The Hall–Kier alpha value is -1.75. The van der Waals surface area contributed by atoms with E-state index in [0.717, 1.165) is 62.6 Å². The summed E-state index contributed by atoms with van der Waals surface area (Å²) in [5.74, 6) is 1.94. The van der Waals surface area contributed by atoms with E-state index in [1.54, 1.807) is 14.2 Å². The van der Waals surface area contributed by atoms with Crippen LogP contribution in [-0.4, -0.2) is 56.1 Å². The van der Waals surface area contributed by atoms with E-state index in [9.17, 15) is 4.79 Å². The molecule has 0 unspecified atom stereocenters. The molecule has 5 nitrogen and oxygen atoms in total. The van der Waals surface area contributed by atoms with Crippen molar-refractivity contribution in [1.29, 1.82) is 0 Å². The van der Waals surface area contributed by atoms with E-state index < -0.39 is 0 Å². The summed E-state index contributed by atoms with van der Waals surface area (Å²) >= 11 is 0. The molecule has 1 aliphatic heterocycles. The molecule has 24 heavy (non-hydrogen) atoms. The van der Waals surface area contributed by atoms with Crippen molar-refractivity contribution < 1.29 is 14.3 Å². The van der Waals surface area contributed by atoms with E-state index in [0.29, 0.717) is 5.91 Å². The van der Waals surface area contributed by atoms with Crippen molar-refractivity contribution in [2.45, 2.75) is 33.2 Å². The zero-order valence-corrected chi connectivity index (χ0v) is 15.4. The Morgan fingerprint density at radius 2 is 2.00 bits per heavy atom. The number of amides is 1. The average molecular weight is 334 g/mol. The number of hydrogen-bond donors (Lipinski definition) is 0. The lowest BCUT2D eigenvalue weighted by Gasteiger charge is -2.34. The highest BCUT2D eigenvalue weighted by Gasteiger charge is 2.28. The fourth-order valence-electron chi connectivity index (χ4n) is 3.51. The predicted molar refractivity (Wildman–Crippen MR) is 95.5 cm³/mol. The molecule has 1 aliphatic rings. The van der Waals surface area contributed by atoms with Gasteiger partial charge in [0.05, 0.1) is 20.1 Å². The Morgan fingerprint density at radius 1 is 1.25 bits per heavy atom. The lowest BCUT2D eigenvalue weighted by Crippen LogP contribution is -2.44. The Bertz CT molecular complexity index is 543. The van der Waals surface area contributed by atoms with E-state index in [1.807, 2.05) is 30.9 Å². The standard InChI is InChI=1S/C19H30N2O3/c1-5-21(6-2)19(22)16-10-8-12-20(14-16)13-15-9-7-11-17(23-3)18(15)24-4/h7,9,11,16H,5-6,8,10,12-14H2,1-4H3/t16-/m1/s1. The first-order valence-corrected chi connectivity index (χ1v) is 8.85. The molecule has 2 rings (SSSR count). The number of piperidine rings is 1. The van der Waals surface area contributed by atoms with Crippen LogP contribution in [-0.2, 0) is 11.3 Å². The molecule has 0 spiro atoms. The van der Waals surface area contributed by atoms with E-state index >= 15 is 0 Å². The fraction of sp³-hybridized carbons (Fsp3) is 0.632. The van der Waals surface area contributed by atoms with Gasteiger partial charge in [-0.25, -0.2) is 0 Å². The van der Waals surface area contributed by atoms with Crippen LogP contribution < -0.4 is 9.47 Å². The van der Waals surface area contributed by atoms with Gasteiger partial charge >= 0.3 is 0 Å². The van der Waals surface area contributed by atoms with E-state index in [2.05, 4.69) is 11.0 Å². The molecule has 1 fully saturated rings. The molecule has 1 saturated heterocycles.